The van der Waals surface area contributed by atoms with Gasteiger partial charge in [-0.15, -0.1) is 0 Å². The number of rotatable bonds is 1. The van der Waals surface area contributed by atoms with Crippen LogP contribution in [0.5, 0.6) is 0 Å². The maximum absolute atomic E-state index is 11.1. The SMILES string of the molecule is CC(C)CF.CC(C)F.FCF. The number of halogens is 4. The van der Waals surface area contributed by atoms with Gasteiger partial charge in [0, 0.05) is 0 Å². The van der Waals surface area contributed by atoms with E-state index in [1.54, 1.807) is 0 Å². The third-order valence-corrected chi connectivity index (χ3v) is 0.309. The van der Waals surface area contributed by atoms with Gasteiger partial charge in [0.2, 0.25) is 6.93 Å². The van der Waals surface area contributed by atoms with Crippen LogP contribution in [0.2, 0.25) is 0 Å². The van der Waals surface area contributed by atoms with Gasteiger partial charge in [0.25, 0.3) is 0 Å². The third kappa shape index (κ3) is 250. The minimum absolute atomic E-state index is 0.194. The summed E-state index contributed by atoms with van der Waals surface area (Å²) in [6, 6.07) is 0. The van der Waals surface area contributed by atoms with E-state index in [-0.39, 0.29) is 12.6 Å². The fourth-order valence-electron chi connectivity index (χ4n) is 0. The van der Waals surface area contributed by atoms with Gasteiger partial charge in [-0.1, -0.05) is 13.8 Å². The van der Waals surface area contributed by atoms with Crippen molar-refractivity contribution < 1.29 is 17.6 Å². The van der Waals surface area contributed by atoms with Crippen LogP contribution in [-0.4, -0.2) is 19.8 Å². The van der Waals surface area contributed by atoms with E-state index in [0.717, 1.165) is 0 Å². The molecule has 0 aromatic rings. The Morgan fingerprint density at radius 3 is 1.00 bits per heavy atom. The molecule has 0 aliphatic carbocycles. The lowest BCUT2D eigenvalue weighted by Gasteiger charge is -1.87. The summed E-state index contributed by atoms with van der Waals surface area (Å²) in [5.41, 5.74) is 0. The molecule has 0 aliphatic rings. The molecule has 12 heavy (non-hydrogen) atoms. The van der Waals surface area contributed by atoms with Crippen molar-refractivity contribution in [3.8, 4) is 0 Å². The highest BCUT2D eigenvalue weighted by atomic mass is 19.3. The highest BCUT2D eigenvalue weighted by Gasteiger charge is 1.83. The molecule has 0 spiro atoms. The van der Waals surface area contributed by atoms with Crippen LogP contribution in [0.4, 0.5) is 17.6 Å². The second-order valence-corrected chi connectivity index (χ2v) is 2.66. The molecule has 0 bridgehead atoms. The van der Waals surface area contributed by atoms with Gasteiger partial charge >= 0.3 is 0 Å². The minimum Gasteiger partial charge on any atom is -0.251 e. The molecule has 0 saturated heterocycles. The summed E-state index contributed by atoms with van der Waals surface area (Å²) < 4.78 is 41.4. The first-order chi connectivity index (χ1) is 5.42. The molecule has 0 aliphatic heterocycles. The van der Waals surface area contributed by atoms with Crippen LogP contribution in [0.25, 0.3) is 0 Å². The molecule has 0 radical (unpaired) electrons. The van der Waals surface area contributed by atoms with Crippen molar-refractivity contribution in [3.63, 3.8) is 0 Å². The van der Waals surface area contributed by atoms with Crippen molar-refractivity contribution in [2.75, 3.05) is 13.6 Å². The average Bonchev–Trinajstić information content (AvgIpc) is 1.88. The molecular formula is C8H18F4. The first-order valence-corrected chi connectivity index (χ1v) is 3.74. The molecule has 0 rings (SSSR count). The summed E-state index contributed by atoms with van der Waals surface area (Å²) in [6.07, 6.45) is -0.667. The molecule has 0 saturated carbocycles. The average molecular weight is 190 g/mol. The van der Waals surface area contributed by atoms with E-state index < -0.39 is 13.1 Å². The van der Waals surface area contributed by atoms with Crippen molar-refractivity contribution in [1.82, 2.24) is 0 Å². The van der Waals surface area contributed by atoms with Gasteiger partial charge in [0.05, 0.1) is 12.8 Å². The van der Waals surface area contributed by atoms with Gasteiger partial charge in [-0.05, 0) is 19.8 Å². The Morgan fingerprint density at radius 2 is 1.00 bits per heavy atom. The molecule has 78 valence electrons. The van der Waals surface area contributed by atoms with E-state index in [9.17, 15) is 17.6 Å². The summed E-state index contributed by atoms with van der Waals surface area (Å²) in [5.74, 6) is 0.218. The van der Waals surface area contributed by atoms with Crippen molar-refractivity contribution in [2.24, 2.45) is 5.92 Å². The molecule has 0 heterocycles. The van der Waals surface area contributed by atoms with Gasteiger partial charge in [-0.3, -0.25) is 4.39 Å². The molecule has 0 atom stereocenters. The smallest absolute Gasteiger partial charge is 0.229 e. The van der Waals surface area contributed by atoms with Crippen LogP contribution in [0.15, 0.2) is 0 Å². The number of alkyl halides is 4. The number of hydrogen-bond donors (Lipinski definition) is 0. The Hall–Kier alpha value is -0.280. The van der Waals surface area contributed by atoms with E-state index in [1.807, 2.05) is 13.8 Å². The Morgan fingerprint density at radius 1 is 0.917 bits per heavy atom. The van der Waals surface area contributed by atoms with Crippen molar-refractivity contribution >= 4 is 0 Å². The van der Waals surface area contributed by atoms with Crippen LogP contribution in [0.3, 0.4) is 0 Å². The quantitative estimate of drug-likeness (QED) is 0.551. The Balaban J connectivity index is -0.000000105. The highest BCUT2D eigenvalue weighted by Crippen LogP contribution is 1.88. The predicted molar refractivity (Wildman–Crippen MR) is 44.1 cm³/mol. The zero-order valence-electron chi connectivity index (χ0n) is 8.08. The van der Waals surface area contributed by atoms with Crippen LogP contribution in [0, 0.1) is 5.92 Å². The van der Waals surface area contributed by atoms with Gasteiger partial charge in [-0.2, -0.15) is 0 Å². The van der Waals surface area contributed by atoms with Crippen molar-refractivity contribution in [1.29, 1.82) is 0 Å². The second-order valence-electron chi connectivity index (χ2n) is 2.66. The summed E-state index contributed by atoms with van der Waals surface area (Å²) in [6.45, 7) is 4.75. The molecular weight excluding hydrogens is 172 g/mol. The van der Waals surface area contributed by atoms with Gasteiger partial charge in [-0.25, -0.2) is 13.2 Å². The van der Waals surface area contributed by atoms with Crippen molar-refractivity contribution in [3.05, 3.63) is 0 Å². The maximum atomic E-state index is 11.1. The van der Waals surface area contributed by atoms with Crippen LogP contribution < -0.4 is 0 Å². The lowest BCUT2D eigenvalue weighted by molar-refractivity contribution is 0.295. The summed E-state index contributed by atoms with van der Waals surface area (Å²) in [5, 5.41) is 0. The van der Waals surface area contributed by atoms with Gasteiger partial charge in [0.1, 0.15) is 0 Å². The predicted octanol–water partition coefficient (Wildman–Crippen LogP) is 3.86. The molecule has 0 N–H and O–H groups in total. The molecule has 0 nitrogen and oxygen atoms in total. The normalized spacial score (nSPS) is 8.50. The van der Waals surface area contributed by atoms with E-state index in [0.29, 0.717) is 0 Å². The standard InChI is InChI=1S/C4H9F.C3H7F.CH2F2/c1-4(2)3-5;1-3(2)4;2-1-3/h4H,3H2,1-2H3;3H,1-2H3;1H2. The van der Waals surface area contributed by atoms with E-state index >= 15 is 0 Å². The molecule has 0 aromatic heterocycles. The number of hydrogen-bond acceptors (Lipinski definition) is 0. The zero-order chi connectivity index (χ0) is 10.6. The largest absolute Gasteiger partial charge is 0.251 e. The molecule has 0 amide bonds. The monoisotopic (exact) mass is 190 g/mol. The van der Waals surface area contributed by atoms with E-state index in [1.165, 1.54) is 13.8 Å². The fourth-order valence-corrected chi connectivity index (χ4v) is 0. The lowest BCUT2D eigenvalue weighted by Crippen LogP contribution is -1.84. The van der Waals surface area contributed by atoms with Crippen molar-refractivity contribution in [2.45, 2.75) is 33.9 Å². The molecule has 0 aromatic carbocycles. The van der Waals surface area contributed by atoms with Crippen LogP contribution in [0.1, 0.15) is 27.7 Å². The summed E-state index contributed by atoms with van der Waals surface area (Å²) >= 11 is 0. The molecule has 4 heteroatoms. The second kappa shape index (κ2) is 17.0. The Labute approximate surface area is 72.0 Å². The fraction of sp³-hybridized carbons (Fsp3) is 1.00. The first-order valence-electron chi connectivity index (χ1n) is 3.74. The minimum atomic E-state index is -1.75. The van der Waals surface area contributed by atoms with Crippen LogP contribution in [-0.2, 0) is 0 Å². The van der Waals surface area contributed by atoms with E-state index in [4.69, 9.17) is 0 Å². The summed E-state index contributed by atoms with van der Waals surface area (Å²) in [7, 11) is 0. The lowest BCUT2D eigenvalue weighted by atomic mass is 10.3. The van der Waals surface area contributed by atoms with Crippen LogP contribution >= 0.6 is 0 Å². The van der Waals surface area contributed by atoms with E-state index in [2.05, 4.69) is 0 Å². The highest BCUT2D eigenvalue weighted by molar-refractivity contribution is 4.33. The van der Waals surface area contributed by atoms with Gasteiger partial charge < -0.3 is 0 Å². The maximum Gasteiger partial charge on any atom is 0.229 e. The topological polar surface area (TPSA) is 0 Å². The first kappa shape index (κ1) is 17.7. The third-order valence-electron chi connectivity index (χ3n) is 0.309. The summed E-state index contributed by atoms with van der Waals surface area (Å²) in [4.78, 5) is 0. The molecule has 0 unspecified atom stereocenters. The van der Waals surface area contributed by atoms with Gasteiger partial charge in [0.15, 0.2) is 0 Å². The molecule has 0 fully saturated rings. The zero-order valence-corrected chi connectivity index (χ0v) is 8.08. The Bertz CT molecular complexity index is 52.3. The Kier molecular flexibility index (Phi) is 25.1.